The summed E-state index contributed by atoms with van der Waals surface area (Å²) in [6.45, 7) is 0. The number of para-hydroxylation sites is 2. The quantitative estimate of drug-likeness (QED) is 0.478. The molecule has 0 radical (unpaired) electrons. The van der Waals surface area contributed by atoms with Gasteiger partial charge in [0.05, 0.1) is 17.0 Å². The van der Waals surface area contributed by atoms with Crippen LogP contribution in [0.2, 0.25) is 0 Å². The molecule has 0 saturated carbocycles. The molecule has 2 rings (SSSR count). The summed E-state index contributed by atoms with van der Waals surface area (Å²) in [6, 6.07) is 10.4. The van der Waals surface area contributed by atoms with Crippen molar-refractivity contribution in [3.8, 4) is 5.75 Å². The van der Waals surface area contributed by atoms with Crippen molar-refractivity contribution in [3.05, 3.63) is 68.3 Å². The Kier molecular flexibility index (Phi) is 4.42. The fourth-order valence-corrected chi connectivity index (χ4v) is 1.85. The van der Waals surface area contributed by atoms with Crippen LogP contribution in [0.25, 0.3) is 0 Å². The Balaban J connectivity index is 2.54. The number of rotatable bonds is 5. The summed E-state index contributed by atoms with van der Waals surface area (Å²) < 4.78 is 5.13. The van der Waals surface area contributed by atoms with Gasteiger partial charge in [-0.05, 0) is 18.2 Å². The zero-order valence-corrected chi connectivity index (χ0v) is 11.5. The van der Waals surface area contributed by atoms with Crippen LogP contribution in [-0.4, -0.2) is 23.2 Å². The molecule has 2 aromatic carbocycles. The summed E-state index contributed by atoms with van der Waals surface area (Å²) in [5.74, 6) is 0.507. The average molecular weight is 301 g/mol. The van der Waals surface area contributed by atoms with Crippen molar-refractivity contribution in [1.29, 1.82) is 0 Å². The highest BCUT2D eigenvalue weighted by molar-refractivity contribution is 5.88. The summed E-state index contributed by atoms with van der Waals surface area (Å²) >= 11 is 0. The van der Waals surface area contributed by atoms with Gasteiger partial charge >= 0.3 is 11.4 Å². The second kappa shape index (κ2) is 6.44. The number of methoxy groups -OCH3 is 1. The SMILES string of the molecule is COc1ccccc1C=Nc1c([N+](=O)[O-])cccc1[N+](=O)[O-]. The molecule has 112 valence electrons. The monoisotopic (exact) mass is 301 g/mol. The molecule has 2 aromatic rings. The van der Waals surface area contributed by atoms with E-state index in [1.807, 2.05) is 0 Å². The predicted molar refractivity (Wildman–Crippen MR) is 80.0 cm³/mol. The molecule has 0 heterocycles. The van der Waals surface area contributed by atoms with Gasteiger partial charge in [-0.15, -0.1) is 0 Å². The lowest BCUT2D eigenvalue weighted by Crippen LogP contribution is -1.95. The minimum absolute atomic E-state index is 0.302. The lowest BCUT2D eigenvalue weighted by Gasteiger charge is -2.03. The number of hydrogen-bond donors (Lipinski definition) is 0. The van der Waals surface area contributed by atoms with Crippen LogP contribution in [0.4, 0.5) is 17.1 Å². The summed E-state index contributed by atoms with van der Waals surface area (Å²) in [6.07, 6.45) is 1.30. The van der Waals surface area contributed by atoms with Crippen LogP contribution in [0, 0.1) is 20.2 Å². The van der Waals surface area contributed by atoms with Gasteiger partial charge in [-0.3, -0.25) is 20.2 Å². The Morgan fingerprint density at radius 2 is 1.59 bits per heavy atom. The highest BCUT2D eigenvalue weighted by atomic mass is 16.6. The van der Waals surface area contributed by atoms with Gasteiger partial charge in [0.25, 0.3) is 0 Å². The predicted octanol–water partition coefficient (Wildman–Crippen LogP) is 3.26. The molecule has 0 aromatic heterocycles. The van der Waals surface area contributed by atoms with Gasteiger partial charge in [0.2, 0.25) is 5.69 Å². The van der Waals surface area contributed by atoms with Crippen molar-refractivity contribution >= 4 is 23.3 Å². The van der Waals surface area contributed by atoms with Crippen molar-refractivity contribution in [2.75, 3.05) is 7.11 Å². The minimum Gasteiger partial charge on any atom is -0.496 e. The maximum atomic E-state index is 11.0. The third kappa shape index (κ3) is 3.06. The summed E-state index contributed by atoms with van der Waals surface area (Å²) in [7, 11) is 1.47. The third-order valence-corrected chi connectivity index (χ3v) is 2.86. The summed E-state index contributed by atoms with van der Waals surface area (Å²) in [5, 5.41) is 22.0. The van der Waals surface area contributed by atoms with E-state index in [9.17, 15) is 20.2 Å². The first-order chi connectivity index (χ1) is 10.5. The Labute approximate surface area is 125 Å². The number of aliphatic imine (C=N–C) groups is 1. The minimum atomic E-state index is -0.706. The van der Waals surface area contributed by atoms with Crippen molar-refractivity contribution in [3.63, 3.8) is 0 Å². The van der Waals surface area contributed by atoms with Gasteiger partial charge < -0.3 is 4.74 Å². The molecule has 0 amide bonds. The molecule has 0 aliphatic heterocycles. The van der Waals surface area contributed by atoms with Crippen molar-refractivity contribution in [2.24, 2.45) is 4.99 Å². The molecule has 0 bridgehead atoms. The van der Waals surface area contributed by atoms with Crippen LogP contribution >= 0.6 is 0 Å². The molecule has 0 N–H and O–H groups in total. The zero-order chi connectivity index (χ0) is 16.1. The second-order valence-corrected chi connectivity index (χ2v) is 4.16. The number of hydrogen-bond acceptors (Lipinski definition) is 6. The Morgan fingerprint density at radius 1 is 1.00 bits per heavy atom. The molecule has 8 nitrogen and oxygen atoms in total. The van der Waals surface area contributed by atoms with E-state index in [4.69, 9.17) is 4.74 Å². The fraction of sp³-hybridized carbons (Fsp3) is 0.0714. The standard InChI is InChI=1S/C14H11N3O5/c1-22-13-8-3-2-5-10(13)9-15-14-11(16(18)19)6-4-7-12(14)17(20)21/h2-9H,1H3. The molecule has 0 saturated heterocycles. The van der Waals surface area contributed by atoms with E-state index < -0.39 is 21.2 Å². The number of benzene rings is 2. The van der Waals surface area contributed by atoms with E-state index in [1.165, 1.54) is 31.5 Å². The van der Waals surface area contributed by atoms with Crippen LogP contribution in [0.5, 0.6) is 5.75 Å². The summed E-state index contributed by atoms with van der Waals surface area (Å²) in [4.78, 5) is 24.6. The topological polar surface area (TPSA) is 108 Å². The first-order valence-corrected chi connectivity index (χ1v) is 6.13. The first-order valence-electron chi connectivity index (χ1n) is 6.13. The molecule has 0 fully saturated rings. The number of ether oxygens (including phenoxy) is 1. The van der Waals surface area contributed by atoms with Gasteiger partial charge in [-0.2, -0.15) is 0 Å². The fourth-order valence-electron chi connectivity index (χ4n) is 1.85. The van der Waals surface area contributed by atoms with Gasteiger partial charge in [0, 0.05) is 23.9 Å². The van der Waals surface area contributed by atoms with Crippen LogP contribution in [0.15, 0.2) is 47.5 Å². The van der Waals surface area contributed by atoms with Gasteiger partial charge in [0.15, 0.2) is 0 Å². The van der Waals surface area contributed by atoms with E-state index in [0.29, 0.717) is 11.3 Å². The molecule has 8 heteroatoms. The normalized spacial score (nSPS) is 10.6. The number of nitrogens with zero attached hydrogens (tertiary/aromatic N) is 3. The molecule has 0 aliphatic rings. The van der Waals surface area contributed by atoms with Crippen LogP contribution in [0.3, 0.4) is 0 Å². The van der Waals surface area contributed by atoms with Crippen molar-refractivity contribution in [1.82, 2.24) is 0 Å². The third-order valence-electron chi connectivity index (χ3n) is 2.86. The molecule has 0 atom stereocenters. The zero-order valence-electron chi connectivity index (χ0n) is 11.5. The summed E-state index contributed by atoms with van der Waals surface area (Å²) in [5.41, 5.74) is -0.610. The van der Waals surface area contributed by atoms with Crippen molar-refractivity contribution < 1.29 is 14.6 Å². The molecule has 22 heavy (non-hydrogen) atoms. The first kappa shape index (κ1) is 15.1. The molecular formula is C14H11N3O5. The highest BCUT2D eigenvalue weighted by Crippen LogP contribution is 2.36. The number of nitro groups is 2. The molecular weight excluding hydrogens is 290 g/mol. The molecule has 0 spiro atoms. The van der Waals surface area contributed by atoms with Crippen molar-refractivity contribution in [2.45, 2.75) is 0 Å². The molecule has 0 aliphatic carbocycles. The van der Waals surface area contributed by atoms with E-state index >= 15 is 0 Å². The Morgan fingerprint density at radius 3 is 2.14 bits per heavy atom. The second-order valence-electron chi connectivity index (χ2n) is 4.16. The lowest BCUT2D eigenvalue weighted by molar-refractivity contribution is -0.392. The maximum absolute atomic E-state index is 11.0. The Bertz CT molecular complexity index is 726. The van der Waals surface area contributed by atoms with E-state index in [2.05, 4.69) is 4.99 Å². The van der Waals surface area contributed by atoms with Crippen LogP contribution < -0.4 is 4.74 Å². The van der Waals surface area contributed by atoms with Gasteiger partial charge in [-0.1, -0.05) is 12.1 Å². The van der Waals surface area contributed by atoms with E-state index in [0.717, 1.165) is 0 Å². The van der Waals surface area contributed by atoms with Gasteiger partial charge in [-0.25, -0.2) is 4.99 Å². The lowest BCUT2D eigenvalue weighted by atomic mass is 10.2. The highest BCUT2D eigenvalue weighted by Gasteiger charge is 2.23. The van der Waals surface area contributed by atoms with Crippen LogP contribution in [-0.2, 0) is 0 Å². The number of nitro benzene ring substituents is 2. The molecule has 0 unspecified atom stereocenters. The van der Waals surface area contributed by atoms with E-state index in [1.54, 1.807) is 24.3 Å². The largest absolute Gasteiger partial charge is 0.496 e. The van der Waals surface area contributed by atoms with E-state index in [-0.39, 0.29) is 5.69 Å². The maximum Gasteiger partial charge on any atom is 0.301 e. The smallest absolute Gasteiger partial charge is 0.301 e. The van der Waals surface area contributed by atoms with Crippen LogP contribution in [0.1, 0.15) is 5.56 Å². The average Bonchev–Trinajstić information content (AvgIpc) is 2.52. The Hall–Kier alpha value is -3.29. The van der Waals surface area contributed by atoms with Gasteiger partial charge in [0.1, 0.15) is 5.75 Å².